The van der Waals surface area contributed by atoms with Gasteiger partial charge in [0, 0.05) is 22.5 Å². The SMILES string of the molecule is CC1(C(=O)c2cccc(Cl)c2)CCCNC1. The van der Waals surface area contributed by atoms with E-state index in [0.717, 1.165) is 31.5 Å². The summed E-state index contributed by atoms with van der Waals surface area (Å²) in [6.45, 7) is 3.80. The first kappa shape index (κ1) is 11.6. The number of hydrogen-bond acceptors (Lipinski definition) is 2. The number of halogens is 1. The summed E-state index contributed by atoms with van der Waals surface area (Å²) in [5.74, 6) is 0.196. The molecule has 2 rings (SSSR count). The predicted molar refractivity (Wildman–Crippen MR) is 66.0 cm³/mol. The maximum absolute atomic E-state index is 12.4. The van der Waals surface area contributed by atoms with Crippen LogP contribution in [0.2, 0.25) is 5.02 Å². The van der Waals surface area contributed by atoms with Crippen molar-refractivity contribution in [1.82, 2.24) is 5.32 Å². The fraction of sp³-hybridized carbons (Fsp3) is 0.462. The normalized spacial score (nSPS) is 25.4. The van der Waals surface area contributed by atoms with E-state index in [-0.39, 0.29) is 11.2 Å². The second kappa shape index (κ2) is 4.56. The van der Waals surface area contributed by atoms with Crippen molar-refractivity contribution in [2.45, 2.75) is 19.8 Å². The van der Waals surface area contributed by atoms with Crippen LogP contribution in [0, 0.1) is 5.41 Å². The monoisotopic (exact) mass is 237 g/mol. The minimum absolute atomic E-state index is 0.196. The Hall–Kier alpha value is -0.860. The van der Waals surface area contributed by atoms with Gasteiger partial charge >= 0.3 is 0 Å². The van der Waals surface area contributed by atoms with E-state index >= 15 is 0 Å². The molecule has 2 nitrogen and oxygen atoms in total. The molecular weight excluding hydrogens is 222 g/mol. The lowest BCUT2D eigenvalue weighted by Crippen LogP contribution is -2.43. The number of ketones is 1. The molecule has 0 amide bonds. The smallest absolute Gasteiger partial charge is 0.170 e. The van der Waals surface area contributed by atoms with Gasteiger partial charge in [-0.05, 0) is 31.5 Å². The lowest BCUT2D eigenvalue weighted by molar-refractivity contribution is 0.0773. The van der Waals surface area contributed by atoms with Crippen molar-refractivity contribution < 1.29 is 4.79 Å². The van der Waals surface area contributed by atoms with Gasteiger partial charge in [-0.1, -0.05) is 30.7 Å². The maximum atomic E-state index is 12.4. The Labute approximate surface area is 101 Å². The van der Waals surface area contributed by atoms with Gasteiger partial charge in [0.1, 0.15) is 0 Å². The summed E-state index contributed by atoms with van der Waals surface area (Å²) in [6, 6.07) is 7.22. The van der Waals surface area contributed by atoms with Crippen LogP contribution >= 0.6 is 11.6 Å². The van der Waals surface area contributed by atoms with E-state index in [1.54, 1.807) is 12.1 Å². The van der Waals surface area contributed by atoms with Crippen molar-refractivity contribution in [2.75, 3.05) is 13.1 Å². The van der Waals surface area contributed by atoms with Crippen LogP contribution in [0.4, 0.5) is 0 Å². The Morgan fingerprint density at radius 3 is 2.94 bits per heavy atom. The number of piperidine rings is 1. The zero-order valence-electron chi connectivity index (χ0n) is 9.42. The fourth-order valence-electron chi connectivity index (χ4n) is 2.23. The van der Waals surface area contributed by atoms with Gasteiger partial charge in [-0.2, -0.15) is 0 Å². The second-order valence-corrected chi connectivity index (χ2v) is 5.12. The summed E-state index contributed by atoms with van der Waals surface area (Å²) in [5.41, 5.74) is 0.446. The van der Waals surface area contributed by atoms with Crippen LogP contribution in [0.5, 0.6) is 0 Å². The van der Waals surface area contributed by atoms with E-state index in [1.165, 1.54) is 0 Å². The summed E-state index contributed by atoms with van der Waals surface area (Å²) in [7, 11) is 0. The van der Waals surface area contributed by atoms with Crippen LogP contribution in [0.3, 0.4) is 0 Å². The van der Waals surface area contributed by atoms with Gasteiger partial charge in [0.05, 0.1) is 0 Å². The van der Waals surface area contributed by atoms with Crippen LogP contribution in [0.1, 0.15) is 30.1 Å². The highest BCUT2D eigenvalue weighted by Gasteiger charge is 2.34. The number of carbonyl (C=O) groups is 1. The summed E-state index contributed by atoms with van der Waals surface area (Å²) in [4.78, 5) is 12.4. The standard InChI is InChI=1S/C13H16ClNO/c1-13(6-3-7-15-9-13)12(16)10-4-2-5-11(14)8-10/h2,4-5,8,15H,3,6-7,9H2,1H3. The van der Waals surface area contributed by atoms with E-state index in [0.29, 0.717) is 5.02 Å². The van der Waals surface area contributed by atoms with Crippen LogP contribution in [-0.4, -0.2) is 18.9 Å². The minimum atomic E-state index is -0.275. The molecule has 1 aromatic rings. The molecule has 0 aliphatic carbocycles. The zero-order chi connectivity index (χ0) is 11.6. The molecule has 1 unspecified atom stereocenters. The van der Waals surface area contributed by atoms with E-state index in [4.69, 9.17) is 11.6 Å². The number of hydrogen-bond donors (Lipinski definition) is 1. The van der Waals surface area contributed by atoms with Crippen molar-refractivity contribution in [3.05, 3.63) is 34.9 Å². The van der Waals surface area contributed by atoms with Crippen molar-refractivity contribution >= 4 is 17.4 Å². The lowest BCUT2D eigenvalue weighted by Gasteiger charge is -2.32. The summed E-state index contributed by atoms with van der Waals surface area (Å²) in [5, 5.41) is 3.91. The average molecular weight is 238 g/mol. The summed E-state index contributed by atoms with van der Waals surface area (Å²) < 4.78 is 0. The maximum Gasteiger partial charge on any atom is 0.170 e. The highest BCUT2D eigenvalue weighted by Crippen LogP contribution is 2.30. The van der Waals surface area contributed by atoms with E-state index in [9.17, 15) is 4.79 Å². The van der Waals surface area contributed by atoms with E-state index in [1.807, 2.05) is 19.1 Å². The van der Waals surface area contributed by atoms with Gasteiger partial charge in [-0.3, -0.25) is 4.79 Å². The van der Waals surface area contributed by atoms with Crippen LogP contribution < -0.4 is 5.32 Å². The van der Waals surface area contributed by atoms with Gasteiger partial charge in [0.25, 0.3) is 0 Å². The van der Waals surface area contributed by atoms with Crippen molar-refractivity contribution in [2.24, 2.45) is 5.41 Å². The molecule has 86 valence electrons. The van der Waals surface area contributed by atoms with Gasteiger partial charge in [0.2, 0.25) is 0 Å². The van der Waals surface area contributed by atoms with Crippen molar-refractivity contribution in [3.8, 4) is 0 Å². The topological polar surface area (TPSA) is 29.1 Å². The molecular formula is C13H16ClNO. The Morgan fingerprint density at radius 2 is 2.31 bits per heavy atom. The molecule has 0 radical (unpaired) electrons. The van der Waals surface area contributed by atoms with Crippen molar-refractivity contribution in [3.63, 3.8) is 0 Å². The number of benzene rings is 1. The Balaban J connectivity index is 2.24. The molecule has 0 aromatic heterocycles. The van der Waals surface area contributed by atoms with Gasteiger partial charge < -0.3 is 5.32 Å². The third-order valence-electron chi connectivity index (χ3n) is 3.23. The molecule has 1 aliphatic heterocycles. The highest BCUT2D eigenvalue weighted by molar-refractivity contribution is 6.31. The molecule has 1 fully saturated rings. The van der Waals surface area contributed by atoms with Crippen LogP contribution in [-0.2, 0) is 0 Å². The third kappa shape index (κ3) is 2.28. The molecule has 1 aliphatic rings. The minimum Gasteiger partial charge on any atom is -0.316 e. The molecule has 1 atom stereocenters. The molecule has 1 saturated heterocycles. The Kier molecular flexibility index (Phi) is 3.31. The average Bonchev–Trinajstić information content (AvgIpc) is 2.29. The first-order valence-electron chi connectivity index (χ1n) is 5.63. The molecule has 0 saturated carbocycles. The molecule has 0 bridgehead atoms. The Morgan fingerprint density at radius 1 is 1.50 bits per heavy atom. The molecule has 1 aromatic carbocycles. The van der Waals surface area contributed by atoms with Crippen LogP contribution in [0.25, 0.3) is 0 Å². The summed E-state index contributed by atoms with van der Waals surface area (Å²) >= 11 is 5.91. The first-order valence-corrected chi connectivity index (χ1v) is 6.01. The van der Waals surface area contributed by atoms with Crippen LogP contribution in [0.15, 0.2) is 24.3 Å². The van der Waals surface area contributed by atoms with Crippen molar-refractivity contribution in [1.29, 1.82) is 0 Å². The number of rotatable bonds is 2. The van der Waals surface area contributed by atoms with E-state index in [2.05, 4.69) is 5.32 Å². The second-order valence-electron chi connectivity index (χ2n) is 4.68. The first-order chi connectivity index (χ1) is 7.62. The van der Waals surface area contributed by atoms with Gasteiger partial charge in [0.15, 0.2) is 5.78 Å². The molecule has 1 heterocycles. The quantitative estimate of drug-likeness (QED) is 0.802. The Bertz CT molecular complexity index is 397. The number of carbonyl (C=O) groups excluding carboxylic acids is 1. The van der Waals surface area contributed by atoms with Gasteiger partial charge in [-0.15, -0.1) is 0 Å². The highest BCUT2D eigenvalue weighted by atomic mass is 35.5. The largest absolute Gasteiger partial charge is 0.316 e. The molecule has 0 spiro atoms. The molecule has 1 N–H and O–H groups in total. The molecule has 3 heteroatoms. The zero-order valence-corrected chi connectivity index (χ0v) is 10.2. The lowest BCUT2D eigenvalue weighted by atomic mass is 9.76. The van der Waals surface area contributed by atoms with E-state index < -0.39 is 0 Å². The van der Waals surface area contributed by atoms with Gasteiger partial charge in [-0.25, -0.2) is 0 Å². The number of nitrogens with one attached hydrogen (secondary N) is 1. The predicted octanol–water partition coefficient (Wildman–Crippen LogP) is 2.91. The third-order valence-corrected chi connectivity index (χ3v) is 3.47. The summed E-state index contributed by atoms with van der Waals surface area (Å²) in [6.07, 6.45) is 2.01. The molecule has 16 heavy (non-hydrogen) atoms. The number of Topliss-reactive ketones (excluding diaryl/α,β-unsaturated/α-hetero) is 1. The fourth-order valence-corrected chi connectivity index (χ4v) is 2.42.